The van der Waals surface area contributed by atoms with Gasteiger partial charge >= 0.3 is 0 Å². The van der Waals surface area contributed by atoms with E-state index in [0.29, 0.717) is 25.7 Å². The number of guanidine groups is 1. The van der Waals surface area contributed by atoms with Crippen molar-refractivity contribution in [1.82, 2.24) is 20.4 Å². The molecule has 0 aromatic heterocycles. The van der Waals surface area contributed by atoms with E-state index < -0.39 is 0 Å². The molecule has 1 aliphatic heterocycles. The lowest BCUT2D eigenvalue weighted by Crippen LogP contribution is -2.42. The molecule has 2 N–H and O–H groups in total. The van der Waals surface area contributed by atoms with Crippen molar-refractivity contribution in [2.24, 2.45) is 4.99 Å². The van der Waals surface area contributed by atoms with Crippen molar-refractivity contribution in [3.63, 3.8) is 0 Å². The van der Waals surface area contributed by atoms with Crippen LogP contribution in [-0.4, -0.2) is 101 Å². The zero-order chi connectivity index (χ0) is 17.6. The Labute approximate surface area is 145 Å². The van der Waals surface area contributed by atoms with Crippen molar-refractivity contribution in [2.45, 2.75) is 13.3 Å². The third-order valence-corrected chi connectivity index (χ3v) is 3.66. The molecule has 8 heteroatoms. The van der Waals surface area contributed by atoms with Crippen molar-refractivity contribution < 1.29 is 14.3 Å². The third kappa shape index (κ3) is 9.69. The summed E-state index contributed by atoms with van der Waals surface area (Å²) in [4.78, 5) is 20.0. The van der Waals surface area contributed by atoms with Crippen LogP contribution in [0.5, 0.6) is 0 Å². The average molecular weight is 343 g/mol. The fourth-order valence-corrected chi connectivity index (χ4v) is 2.18. The van der Waals surface area contributed by atoms with E-state index in [1.54, 1.807) is 19.0 Å². The highest BCUT2D eigenvalue weighted by Crippen LogP contribution is 1.97. The van der Waals surface area contributed by atoms with Crippen LogP contribution in [0.4, 0.5) is 0 Å². The molecule has 140 valence electrons. The van der Waals surface area contributed by atoms with E-state index in [4.69, 9.17) is 9.47 Å². The number of rotatable bonds is 10. The molecule has 0 spiro atoms. The molecular formula is C16H33N5O3. The zero-order valence-corrected chi connectivity index (χ0v) is 15.3. The zero-order valence-electron chi connectivity index (χ0n) is 15.3. The summed E-state index contributed by atoms with van der Waals surface area (Å²) >= 11 is 0. The smallest absolute Gasteiger partial charge is 0.243 e. The van der Waals surface area contributed by atoms with Gasteiger partial charge in [-0.25, -0.2) is 4.99 Å². The van der Waals surface area contributed by atoms with Gasteiger partial charge in [-0.05, 0) is 19.9 Å². The summed E-state index contributed by atoms with van der Waals surface area (Å²) in [6, 6.07) is 0. The molecule has 1 saturated heterocycles. The van der Waals surface area contributed by atoms with Gasteiger partial charge in [-0.2, -0.15) is 0 Å². The van der Waals surface area contributed by atoms with E-state index in [2.05, 4.69) is 20.5 Å². The standard InChI is InChI=1S/C16H33N5O3/c1-4-23-11-7-18-16(19-14-15(22)20(2)3)17-6-5-8-21-9-12-24-13-10-21/h4-14H2,1-3H3,(H2,17,18,19). The maximum Gasteiger partial charge on any atom is 0.243 e. The van der Waals surface area contributed by atoms with E-state index in [1.807, 2.05) is 6.92 Å². The summed E-state index contributed by atoms with van der Waals surface area (Å²) in [5.74, 6) is 0.640. The highest BCUT2D eigenvalue weighted by Gasteiger charge is 2.09. The van der Waals surface area contributed by atoms with Crippen LogP contribution in [0.3, 0.4) is 0 Å². The molecule has 1 aliphatic rings. The second kappa shape index (κ2) is 13.0. The fraction of sp³-hybridized carbons (Fsp3) is 0.875. The Bertz CT molecular complexity index is 371. The summed E-state index contributed by atoms with van der Waals surface area (Å²) in [6.07, 6.45) is 1.02. The Hall–Kier alpha value is -1.38. The van der Waals surface area contributed by atoms with Crippen LogP contribution in [0.1, 0.15) is 13.3 Å². The van der Waals surface area contributed by atoms with Crippen molar-refractivity contribution in [1.29, 1.82) is 0 Å². The second-order valence-electron chi connectivity index (χ2n) is 5.81. The monoisotopic (exact) mass is 343 g/mol. The van der Waals surface area contributed by atoms with Crippen LogP contribution >= 0.6 is 0 Å². The minimum Gasteiger partial charge on any atom is -0.380 e. The normalized spacial score (nSPS) is 16.0. The number of carbonyl (C=O) groups excluding carboxylic acids is 1. The van der Waals surface area contributed by atoms with Gasteiger partial charge in [0.25, 0.3) is 0 Å². The van der Waals surface area contributed by atoms with Gasteiger partial charge in [-0.15, -0.1) is 0 Å². The number of ether oxygens (including phenoxy) is 2. The maximum absolute atomic E-state index is 11.7. The van der Waals surface area contributed by atoms with Gasteiger partial charge in [-0.3, -0.25) is 9.69 Å². The lowest BCUT2D eigenvalue weighted by atomic mass is 10.3. The van der Waals surface area contributed by atoms with Gasteiger partial charge in [0.15, 0.2) is 5.96 Å². The minimum atomic E-state index is -0.0192. The quantitative estimate of drug-likeness (QED) is 0.312. The summed E-state index contributed by atoms with van der Waals surface area (Å²) in [6.45, 7) is 9.60. The molecule has 0 unspecified atom stereocenters. The summed E-state index contributed by atoms with van der Waals surface area (Å²) in [5.41, 5.74) is 0. The SMILES string of the molecule is CCOCCNC(=NCC(=O)N(C)C)NCCCN1CCOCC1. The molecule has 1 fully saturated rings. The van der Waals surface area contributed by atoms with Crippen LogP contribution in [0, 0.1) is 0 Å². The highest BCUT2D eigenvalue weighted by molar-refractivity contribution is 5.84. The Morgan fingerprint density at radius 1 is 1.25 bits per heavy atom. The van der Waals surface area contributed by atoms with Gasteiger partial charge in [0.05, 0.1) is 19.8 Å². The Kier molecular flexibility index (Phi) is 11.2. The van der Waals surface area contributed by atoms with E-state index in [1.165, 1.54) is 0 Å². The molecule has 24 heavy (non-hydrogen) atoms. The van der Waals surface area contributed by atoms with Gasteiger partial charge < -0.3 is 25.0 Å². The summed E-state index contributed by atoms with van der Waals surface area (Å²) in [7, 11) is 3.46. The number of nitrogens with zero attached hydrogens (tertiary/aromatic N) is 3. The largest absolute Gasteiger partial charge is 0.380 e. The molecule has 0 aliphatic carbocycles. The predicted octanol–water partition coefficient (Wildman–Crippen LogP) is -0.631. The Morgan fingerprint density at radius 3 is 2.62 bits per heavy atom. The molecule has 8 nitrogen and oxygen atoms in total. The Balaban J connectivity index is 2.30. The number of nitrogens with one attached hydrogen (secondary N) is 2. The van der Waals surface area contributed by atoms with Gasteiger partial charge in [0.1, 0.15) is 6.54 Å². The van der Waals surface area contributed by atoms with Crippen LogP contribution in [0.2, 0.25) is 0 Å². The van der Waals surface area contributed by atoms with Crippen molar-refractivity contribution >= 4 is 11.9 Å². The van der Waals surface area contributed by atoms with Gasteiger partial charge in [0, 0.05) is 46.9 Å². The number of likely N-dealkylation sites (N-methyl/N-ethyl adjacent to an activating group) is 1. The molecule has 1 heterocycles. The molecule has 0 radical (unpaired) electrons. The first-order valence-corrected chi connectivity index (χ1v) is 8.73. The van der Waals surface area contributed by atoms with Gasteiger partial charge in [-0.1, -0.05) is 0 Å². The first kappa shape index (κ1) is 20.7. The van der Waals surface area contributed by atoms with Crippen LogP contribution in [0.15, 0.2) is 4.99 Å². The van der Waals surface area contributed by atoms with Crippen LogP contribution in [-0.2, 0) is 14.3 Å². The number of hydrogen-bond donors (Lipinski definition) is 2. The molecule has 0 bridgehead atoms. The number of carbonyl (C=O) groups is 1. The summed E-state index contributed by atoms with van der Waals surface area (Å²) in [5, 5.41) is 6.48. The number of aliphatic imine (C=N–C) groups is 1. The third-order valence-electron chi connectivity index (χ3n) is 3.66. The van der Waals surface area contributed by atoms with Crippen molar-refractivity contribution in [2.75, 3.05) is 79.8 Å². The number of hydrogen-bond acceptors (Lipinski definition) is 5. The van der Waals surface area contributed by atoms with E-state index >= 15 is 0 Å². The van der Waals surface area contributed by atoms with E-state index in [9.17, 15) is 4.79 Å². The number of amides is 1. The van der Waals surface area contributed by atoms with E-state index in [0.717, 1.165) is 45.8 Å². The molecule has 1 rings (SSSR count). The van der Waals surface area contributed by atoms with Gasteiger partial charge in [0.2, 0.25) is 5.91 Å². The Morgan fingerprint density at radius 2 is 1.96 bits per heavy atom. The first-order valence-electron chi connectivity index (χ1n) is 8.73. The molecule has 0 atom stereocenters. The predicted molar refractivity (Wildman–Crippen MR) is 95.4 cm³/mol. The van der Waals surface area contributed by atoms with Crippen LogP contribution < -0.4 is 10.6 Å². The average Bonchev–Trinajstić information content (AvgIpc) is 2.59. The molecule has 1 amide bonds. The first-order chi connectivity index (χ1) is 11.6. The molecular weight excluding hydrogens is 310 g/mol. The van der Waals surface area contributed by atoms with Crippen molar-refractivity contribution in [3.8, 4) is 0 Å². The topological polar surface area (TPSA) is 78.4 Å². The van der Waals surface area contributed by atoms with Crippen molar-refractivity contribution in [3.05, 3.63) is 0 Å². The van der Waals surface area contributed by atoms with E-state index in [-0.39, 0.29) is 12.5 Å². The molecule has 0 saturated carbocycles. The molecule has 0 aromatic carbocycles. The lowest BCUT2D eigenvalue weighted by Gasteiger charge is -2.26. The lowest BCUT2D eigenvalue weighted by molar-refractivity contribution is -0.127. The van der Waals surface area contributed by atoms with Crippen LogP contribution in [0.25, 0.3) is 0 Å². The fourth-order valence-electron chi connectivity index (χ4n) is 2.18. The summed E-state index contributed by atoms with van der Waals surface area (Å²) < 4.78 is 10.7. The number of morpholine rings is 1. The maximum atomic E-state index is 11.7. The highest BCUT2D eigenvalue weighted by atomic mass is 16.5. The molecule has 0 aromatic rings. The minimum absolute atomic E-state index is 0.0192. The second-order valence-corrected chi connectivity index (χ2v) is 5.81.